The summed E-state index contributed by atoms with van der Waals surface area (Å²) in [4.78, 5) is 4.10. The molecule has 1 N–H and O–H groups in total. The molecule has 0 aliphatic carbocycles. The van der Waals surface area contributed by atoms with Gasteiger partial charge in [-0.1, -0.05) is 17.7 Å². The van der Waals surface area contributed by atoms with Crippen molar-refractivity contribution < 1.29 is 8.60 Å². The number of pyridine rings is 1. The normalized spacial score (nSPS) is 14.8. The van der Waals surface area contributed by atoms with Crippen LogP contribution in [-0.2, 0) is 11.0 Å². The summed E-state index contributed by atoms with van der Waals surface area (Å²) in [5.74, 6) is -0.717. The first kappa shape index (κ1) is 17.3. The molecule has 0 aromatic carbocycles. The molecule has 1 aromatic rings. The lowest BCUT2D eigenvalue weighted by Crippen LogP contribution is -2.36. The average Bonchev–Trinajstić information content (AvgIpc) is 2.40. The predicted molar refractivity (Wildman–Crippen MR) is 82.7 cm³/mol. The van der Waals surface area contributed by atoms with E-state index in [1.807, 2.05) is 13.8 Å². The van der Waals surface area contributed by atoms with Crippen molar-refractivity contribution in [2.45, 2.75) is 37.4 Å². The molecule has 0 aliphatic rings. The molecule has 0 saturated heterocycles. The van der Waals surface area contributed by atoms with Gasteiger partial charge in [0.25, 0.3) is 0 Å². The first-order valence-corrected chi connectivity index (χ1v) is 7.86. The zero-order valence-corrected chi connectivity index (χ0v) is 13.5. The summed E-state index contributed by atoms with van der Waals surface area (Å²) in [6.45, 7) is 7.44. The van der Waals surface area contributed by atoms with Gasteiger partial charge in [-0.15, -0.1) is 6.58 Å². The van der Waals surface area contributed by atoms with Gasteiger partial charge in [-0.3, -0.25) is 4.98 Å². The van der Waals surface area contributed by atoms with Crippen LogP contribution in [0.2, 0.25) is 5.02 Å². The van der Waals surface area contributed by atoms with Crippen LogP contribution < -0.4 is 4.72 Å². The first-order valence-electron chi connectivity index (χ1n) is 6.33. The van der Waals surface area contributed by atoms with Crippen LogP contribution >= 0.6 is 11.6 Å². The minimum Gasteiger partial charge on any atom is -0.258 e. The van der Waals surface area contributed by atoms with E-state index in [0.717, 1.165) is 0 Å². The van der Waals surface area contributed by atoms with Crippen LogP contribution in [0.3, 0.4) is 0 Å². The summed E-state index contributed by atoms with van der Waals surface area (Å²) >= 11 is 5.81. The second kappa shape index (κ2) is 7.29. The molecule has 1 aromatic heterocycles. The van der Waals surface area contributed by atoms with Gasteiger partial charge in [0, 0.05) is 12.1 Å². The Bertz CT molecular complexity index is 508. The van der Waals surface area contributed by atoms with E-state index >= 15 is 0 Å². The van der Waals surface area contributed by atoms with Gasteiger partial charge in [0.2, 0.25) is 0 Å². The maximum Gasteiger partial charge on any atom is 0.163 e. The van der Waals surface area contributed by atoms with Gasteiger partial charge in [-0.25, -0.2) is 13.3 Å². The van der Waals surface area contributed by atoms with E-state index < -0.39 is 21.5 Å². The molecule has 6 heteroatoms. The molecule has 1 heterocycles. The molecule has 2 atom stereocenters. The highest BCUT2D eigenvalue weighted by atomic mass is 35.5. The van der Waals surface area contributed by atoms with Crippen LogP contribution in [0.1, 0.15) is 38.3 Å². The third-order valence-electron chi connectivity index (χ3n) is 3.13. The quantitative estimate of drug-likeness (QED) is 0.781. The smallest absolute Gasteiger partial charge is 0.163 e. The van der Waals surface area contributed by atoms with Crippen molar-refractivity contribution >= 4 is 22.6 Å². The minimum atomic E-state index is -1.21. The van der Waals surface area contributed by atoms with E-state index in [1.165, 1.54) is 12.3 Å². The maximum absolute atomic E-state index is 14.1. The minimum absolute atomic E-state index is 0.0524. The summed E-state index contributed by atoms with van der Waals surface area (Å²) in [7, 11) is 0.423. The zero-order valence-electron chi connectivity index (χ0n) is 12.0. The molecular formula is C14H20ClFN2OS. The fourth-order valence-electron chi connectivity index (χ4n) is 2.16. The topological polar surface area (TPSA) is 42.0 Å². The molecular weight excluding hydrogens is 299 g/mol. The van der Waals surface area contributed by atoms with Crippen molar-refractivity contribution in [2.75, 3.05) is 7.05 Å². The molecule has 3 nitrogen and oxygen atoms in total. The monoisotopic (exact) mass is 318 g/mol. The van der Waals surface area contributed by atoms with Crippen LogP contribution in [-0.4, -0.2) is 21.0 Å². The van der Waals surface area contributed by atoms with Crippen molar-refractivity contribution in [2.24, 2.45) is 0 Å². The van der Waals surface area contributed by atoms with Gasteiger partial charge in [-0.05, 0) is 39.8 Å². The van der Waals surface area contributed by atoms with Crippen LogP contribution in [0.5, 0.6) is 0 Å². The van der Waals surface area contributed by atoms with Crippen molar-refractivity contribution in [3.8, 4) is 0 Å². The Hall–Kier alpha value is -0.780. The lowest BCUT2D eigenvalue weighted by atomic mass is 9.90. The van der Waals surface area contributed by atoms with Crippen LogP contribution in [0, 0.1) is 5.82 Å². The van der Waals surface area contributed by atoms with Gasteiger partial charge < -0.3 is 0 Å². The molecule has 0 amide bonds. The molecule has 1 unspecified atom stereocenters. The summed E-state index contributed by atoms with van der Waals surface area (Å²) in [5, 5.41) is 0.0524. The highest BCUT2D eigenvalue weighted by Gasteiger charge is 2.31. The van der Waals surface area contributed by atoms with E-state index in [-0.39, 0.29) is 10.9 Å². The molecule has 0 radical (unpaired) electrons. The molecule has 0 spiro atoms. The number of nitrogens with one attached hydrogen (secondary N) is 1. The molecule has 0 fully saturated rings. The second-order valence-electron chi connectivity index (χ2n) is 5.15. The summed E-state index contributed by atoms with van der Waals surface area (Å²) in [6, 6.07) is 1.42. The summed E-state index contributed by atoms with van der Waals surface area (Å²) in [5.41, 5.74) is 0.304. The van der Waals surface area contributed by atoms with Crippen molar-refractivity contribution in [3.05, 3.63) is 41.5 Å². The lowest BCUT2D eigenvalue weighted by Gasteiger charge is -2.28. The zero-order chi connectivity index (χ0) is 15.3. The molecule has 20 heavy (non-hydrogen) atoms. The van der Waals surface area contributed by atoms with E-state index in [2.05, 4.69) is 16.3 Å². The third-order valence-corrected chi connectivity index (χ3v) is 4.97. The number of rotatable bonds is 7. The van der Waals surface area contributed by atoms with Gasteiger partial charge in [0.05, 0.1) is 26.4 Å². The number of hydrogen-bond donors (Lipinski definition) is 1. The number of halogens is 2. The Morgan fingerprint density at radius 1 is 1.65 bits per heavy atom. The van der Waals surface area contributed by atoms with Crippen LogP contribution in [0.15, 0.2) is 24.9 Å². The molecule has 112 valence electrons. The predicted octanol–water partition coefficient (Wildman–Crippen LogP) is 3.59. The van der Waals surface area contributed by atoms with Gasteiger partial charge in [-0.2, -0.15) is 0 Å². The Morgan fingerprint density at radius 2 is 2.30 bits per heavy atom. The van der Waals surface area contributed by atoms with E-state index in [1.54, 1.807) is 13.1 Å². The maximum atomic E-state index is 14.1. The Labute approximate surface area is 127 Å². The first-order chi connectivity index (χ1) is 9.33. The molecule has 0 aliphatic heterocycles. The average molecular weight is 319 g/mol. The second-order valence-corrected chi connectivity index (χ2v) is 7.61. The number of aromatic nitrogens is 1. The fraction of sp³-hybridized carbons (Fsp3) is 0.500. The summed E-state index contributed by atoms with van der Waals surface area (Å²) in [6.07, 6.45) is 4.26. The number of nitrogens with zero attached hydrogens (tertiary/aromatic N) is 1. The third kappa shape index (κ3) is 4.11. The number of hydrogen-bond acceptors (Lipinski definition) is 2. The Morgan fingerprint density at radius 3 is 2.85 bits per heavy atom. The Balaban J connectivity index is 3.09. The Kier molecular flexibility index (Phi) is 6.30. The summed E-state index contributed by atoms with van der Waals surface area (Å²) < 4.78 is 28.3. The number of allylic oxidation sites excluding steroid dienone is 1. The van der Waals surface area contributed by atoms with Crippen LogP contribution in [0.25, 0.3) is 0 Å². The fourth-order valence-corrected chi connectivity index (χ4v) is 3.22. The van der Waals surface area contributed by atoms with E-state index in [0.29, 0.717) is 18.5 Å². The van der Waals surface area contributed by atoms with Gasteiger partial charge in [0.15, 0.2) is 5.82 Å². The highest BCUT2D eigenvalue weighted by Crippen LogP contribution is 2.33. The largest absolute Gasteiger partial charge is 0.258 e. The van der Waals surface area contributed by atoms with Gasteiger partial charge in [0.1, 0.15) is 0 Å². The molecule has 0 bridgehead atoms. The molecule has 0 saturated carbocycles. The highest BCUT2D eigenvalue weighted by molar-refractivity contribution is 7.84. The standard InChI is InChI=1S/C14H20ClFN2OS/c1-5-6-10(9-14(2,3)20(19)17-4)13-12(16)11(15)7-8-18-13/h5,7-8,10,17H,1,6,9H2,2-4H3/t10-,20?/m0/s1. The van der Waals surface area contributed by atoms with Crippen LogP contribution in [0.4, 0.5) is 4.39 Å². The van der Waals surface area contributed by atoms with Gasteiger partial charge >= 0.3 is 0 Å². The molecule has 1 rings (SSSR count). The van der Waals surface area contributed by atoms with Crippen molar-refractivity contribution in [1.29, 1.82) is 0 Å². The SMILES string of the molecule is C=CC[C@@H](CC(C)(C)S(=O)NC)c1nccc(Cl)c1F. The van der Waals surface area contributed by atoms with E-state index in [4.69, 9.17) is 11.6 Å². The van der Waals surface area contributed by atoms with Crippen molar-refractivity contribution in [3.63, 3.8) is 0 Å². The lowest BCUT2D eigenvalue weighted by molar-refractivity contribution is 0.484. The van der Waals surface area contributed by atoms with Crippen molar-refractivity contribution in [1.82, 2.24) is 9.71 Å². The van der Waals surface area contributed by atoms with E-state index in [9.17, 15) is 8.60 Å².